The lowest BCUT2D eigenvalue weighted by molar-refractivity contribution is 0.640. The highest BCUT2D eigenvalue weighted by Gasteiger charge is 2.16. The molecule has 2 nitrogen and oxygen atoms in total. The third-order valence-electron chi connectivity index (χ3n) is 2.99. The second-order valence-corrected chi connectivity index (χ2v) is 4.74. The first-order valence-electron chi connectivity index (χ1n) is 6.15. The van der Waals surface area contributed by atoms with Crippen molar-refractivity contribution in [2.24, 2.45) is 4.99 Å². The van der Waals surface area contributed by atoms with Crippen molar-refractivity contribution in [2.75, 3.05) is 0 Å². The van der Waals surface area contributed by atoms with Crippen LogP contribution in [0.5, 0.6) is 0 Å². The molecule has 0 radical (unpaired) electrons. The van der Waals surface area contributed by atoms with E-state index in [2.05, 4.69) is 5.32 Å². The summed E-state index contributed by atoms with van der Waals surface area (Å²) in [5.74, 6) is 0. The third kappa shape index (κ3) is 2.69. The predicted molar refractivity (Wildman–Crippen MR) is 79.2 cm³/mol. The van der Waals surface area contributed by atoms with E-state index in [9.17, 15) is 0 Å². The number of hydrogen-bond acceptors (Lipinski definition) is 2. The number of halogens is 1. The molecule has 3 rings (SSSR count). The van der Waals surface area contributed by atoms with E-state index in [0.717, 1.165) is 16.8 Å². The highest BCUT2D eigenvalue weighted by Crippen LogP contribution is 2.22. The predicted octanol–water partition coefficient (Wildman–Crippen LogP) is 3.86. The van der Waals surface area contributed by atoms with Gasteiger partial charge in [0.05, 0.1) is 5.71 Å². The average Bonchev–Trinajstić information content (AvgIpc) is 2.48. The number of hydrogen-bond donors (Lipinski definition) is 1. The van der Waals surface area contributed by atoms with Gasteiger partial charge in [0.2, 0.25) is 0 Å². The van der Waals surface area contributed by atoms with Gasteiger partial charge >= 0.3 is 0 Å². The highest BCUT2D eigenvalue weighted by atomic mass is 35.5. The van der Waals surface area contributed by atoms with Gasteiger partial charge < -0.3 is 5.32 Å². The first-order valence-corrected chi connectivity index (χ1v) is 6.52. The smallest absolute Gasteiger partial charge is 0.146 e. The molecule has 0 bridgehead atoms. The van der Waals surface area contributed by atoms with Crippen molar-refractivity contribution in [1.29, 1.82) is 0 Å². The zero-order chi connectivity index (χ0) is 13.1. The lowest BCUT2D eigenvalue weighted by Crippen LogP contribution is -2.23. The summed E-state index contributed by atoms with van der Waals surface area (Å²) in [5.41, 5.74) is 3.07. The average molecular weight is 269 g/mol. The van der Waals surface area contributed by atoms with Crippen LogP contribution in [0.4, 0.5) is 0 Å². The quantitative estimate of drug-likeness (QED) is 0.822. The van der Waals surface area contributed by atoms with Crippen LogP contribution in [0.25, 0.3) is 0 Å². The molecule has 1 unspecified atom stereocenters. The van der Waals surface area contributed by atoms with Crippen LogP contribution in [-0.2, 0) is 0 Å². The van der Waals surface area contributed by atoms with Crippen molar-refractivity contribution in [3.8, 4) is 0 Å². The third-order valence-corrected chi connectivity index (χ3v) is 3.21. The number of allylic oxidation sites excluding steroid dienone is 1. The second kappa shape index (κ2) is 5.29. The van der Waals surface area contributed by atoms with Crippen molar-refractivity contribution >= 4 is 17.3 Å². The van der Waals surface area contributed by atoms with Crippen molar-refractivity contribution in [3.05, 3.63) is 83.0 Å². The maximum absolute atomic E-state index is 6.18. The summed E-state index contributed by atoms with van der Waals surface area (Å²) < 4.78 is 0. The fourth-order valence-corrected chi connectivity index (χ4v) is 2.27. The second-order valence-electron chi connectivity index (χ2n) is 4.33. The molecule has 0 amide bonds. The fraction of sp³-hybridized carbons (Fsp3) is 0.0625. The van der Waals surface area contributed by atoms with Crippen LogP contribution in [-0.4, -0.2) is 5.71 Å². The maximum atomic E-state index is 6.18. The molecule has 0 spiro atoms. The molecule has 0 saturated carbocycles. The zero-order valence-corrected chi connectivity index (χ0v) is 11.0. The highest BCUT2D eigenvalue weighted by molar-refractivity contribution is 6.32. The summed E-state index contributed by atoms with van der Waals surface area (Å²) >= 11 is 6.18. The van der Waals surface area contributed by atoms with Gasteiger partial charge in [0.1, 0.15) is 11.3 Å². The number of rotatable bonds is 2. The molecule has 2 aromatic rings. The van der Waals surface area contributed by atoms with Crippen LogP contribution in [0.15, 0.2) is 76.9 Å². The molecule has 1 atom stereocenters. The Morgan fingerprint density at radius 2 is 1.53 bits per heavy atom. The molecule has 0 aromatic heterocycles. The van der Waals surface area contributed by atoms with Crippen LogP contribution < -0.4 is 5.32 Å². The number of benzene rings is 2. The van der Waals surface area contributed by atoms with E-state index in [1.165, 1.54) is 0 Å². The van der Waals surface area contributed by atoms with Crippen LogP contribution in [0.3, 0.4) is 0 Å². The summed E-state index contributed by atoms with van der Waals surface area (Å²) in [7, 11) is 0. The van der Waals surface area contributed by atoms with E-state index in [4.69, 9.17) is 16.6 Å². The Balaban J connectivity index is 1.98. The minimum atomic E-state index is -0.131. The number of aliphatic imine (C=N–C) groups is 1. The molecule has 0 fully saturated rings. The molecule has 94 valence electrons. The Bertz CT molecular complexity index is 618. The van der Waals surface area contributed by atoms with Gasteiger partial charge in [-0.1, -0.05) is 72.3 Å². The summed E-state index contributed by atoms with van der Waals surface area (Å²) in [6, 6.07) is 20.1. The maximum Gasteiger partial charge on any atom is 0.146 e. The van der Waals surface area contributed by atoms with Gasteiger partial charge in [0.15, 0.2) is 0 Å². The lowest BCUT2D eigenvalue weighted by Gasteiger charge is -2.21. The van der Waals surface area contributed by atoms with E-state index >= 15 is 0 Å². The first kappa shape index (κ1) is 12.0. The normalized spacial score (nSPS) is 18.3. The summed E-state index contributed by atoms with van der Waals surface area (Å²) in [6.07, 6.45) is 1.73. The molecular weight excluding hydrogens is 256 g/mol. The van der Waals surface area contributed by atoms with Gasteiger partial charge in [0, 0.05) is 0 Å². The molecule has 2 aromatic carbocycles. The topological polar surface area (TPSA) is 24.4 Å². The summed E-state index contributed by atoms with van der Waals surface area (Å²) in [4.78, 5) is 4.72. The first-order chi connectivity index (χ1) is 9.33. The van der Waals surface area contributed by atoms with Crippen LogP contribution in [0.1, 0.15) is 17.3 Å². The molecule has 1 aliphatic rings. The van der Waals surface area contributed by atoms with Gasteiger partial charge in [0.25, 0.3) is 0 Å². The van der Waals surface area contributed by atoms with E-state index in [-0.39, 0.29) is 6.17 Å². The summed E-state index contributed by atoms with van der Waals surface area (Å²) in [5, 5.41) is 3.79. The van der Waals surface area contributed by atoms with Crippen molar-refractivity contribution < 1.29 is 0 Å². The molecule has 1 heterocycles. The molecule has 1 aliphatic heterocycles. The van der Waals surface area contributed by atoms with Gasteiger partial charge in [-0.05, 0) is 17.2 Å². The van der Waals surface area contributed by atoms with Gasteiger partial charge in [-0.3, -0.25) is 4.99 Å². The number of nitrogens with one attached hydrogen (secondary N) is 1. The van der Waals surface area contributed by atoms with E-state index in [1.54, 1.807) is 0 Å². The van der Waals surface area contributed by atoms with E-state index < -0.39 is 0 Å². The van der Waals surface area contributed by atoms with Crippen LogP contribution >= 0.6 is 11.6 Å². The van der Waals surface area contributed by atoms with E-state index in [1.807, 2.05) is 66.7 Å². The van der Waals surface area contributed by atoms with Crippen molar-refractivity contribution in [1.82, 2.24) is 5.32 Å². The van der Waals surface area contributed by atoms with Crippen LogP contribution in [0, 0.1) is 0 Å². The van der Waals surface area contributed by atoms with Crippen LogP contribution in [0.2, 0.25) is 0 Å². The number of nitrogens with zero attached hydrogens (tertiary/aromatic N) is 1. The SMILES string of the molecule is ClC1=CC(c2ccccc2)=NC(c2ccccc2)N1. The van der Waals surface area contributed by atoms with Gasteiger partial charge in [-0.15, -0.1) is 0 Å². The fourth-order valence-electron chi connectivity index (χ4n) is 2.06. The molecule has 19 heavy (non-hydrogen) atoms. The Labute approximate surface area is 117 Å². The molecular formula is C16H13ClN2. The molecule has 3 heteroatoms. The van der Waals surface area contributed by atoms with Crippen molar-refractivity contribution in [3.63, 3.8) is 0 Å². The minimum Gasteiger partial charge on any atom is -0.351 e. The van der Waals surface area contributed by atoms with Crippen molar-refractivity contribution in [2.45, 2.75) is 6.17 Å². The zero-order valence-electron chi connectivity index (χ0n) is 10.3. The summed E-state index contributed by atoms with van der Waals surface area (Å²) in [6.45, 7) is 0. The Morgan fingerprint density at radius 3 is 2.21 bits per heavy atom. The molecule has 0 saturated heterocycles. The monoisotopic (exact) mass is 268 g/mol. The lowest BCUT2D eigenvalue weighted by atomic mass is 10.1. The van der Waals surface area contributed by atoms with Gasteiger partial charge in [-0.2, -0.15) is 0 Å². The Kier molecular flexibility index (Phi) is 3.34. The largest absolute Gasteiger partial charge is 0.351 e. The van der Waals surface area contributed by atoms with E-state index in [0.29, 0.717) is 5.16 Å². The Morgan fingerprint density at radius 1 is 0.895 bits per heavy atom. The molecule has 0 aliphatic carbocycles. The standard InChI is InChI=1S/C16H13ClN2/c17-15-11-14(12-7-3-1-4-8-12)18-16(19-15)13-9-5-2-6-10-13/h1-11,16,19H. The molecule has 1 N–H and O–H groups in total. The van der Waals surface area contributed by atoms with Gasteiger partial charge in [-0.25, -0.2) is 0 Å². The minimum absolute atomic E-state index is 0.131. The Hall–Kier alpha value is -2.06.